The summed E-state index contributed by atoms with van der Waals surface area (Å²) in [5, 5.41) is 0.694. The lowest BCUT2D eigenvalue weighted by atomic mass is 9.98. The fraction of sp³-hybridized carbons (Fsp3) is 0.250. The van der Waals surface area contributed by atoms with Gasteiger partial charge in [-0.25, -0.2) is 0 Å². The van der Waals surface area contributed by atoms with Gasteiger partial charge in [-0.05, 0) is 35.2 Å². The highest BCUT2D eigenvalue weighted by Gasteiger charge is 2.12. The highest BCUT2D eigenvalue weighted by Crippen LogP contribution is 2.29. The molecule has 0 radical (unpaired) electrons. The molecule has 2 rings (SSSR count). The molecule has 0 amide bonds. The van der Waals surface area contributed by atoms with Crippen molar-refractivity contribution in [1.82, 2.24) is 0 Å². The monoisotopic (exact) mass is 337 g/mol. The molecule has 0 aliphatic rings. The summed E-state index contributed by atoms with van der Waals surface area (Å²) in [6.07, 6.45) is 2.26. The SMILES string of the molecule is CCCc1ccc(C(N)c2ccc(Br)cc2Cl)cc1. The first kappa shape index (κ1) is 14.6. The van der Waals surface area contributed by atoms with Gasteiger partial charge in [-0.3, -0.25) is 0 Å². The molecule has 1 nitrogen and oxygen atoms in total. The van der Waals surface area contributed by atoms with Crippen molar-refractivity contribution in [3.8, 4) is 0 Å². The summed E-state index contributed by atoms with van der Waals surface area (Å²) in [5.74, 6) is 0. The molecule has 2 N–H and O–H groups in total. The molecule has 0 bridgehead atoms. The number of nitrogens with two attached hydrogens (primary N) is 1. The van der Waals surface area contributed by atoms with E-state index in [9.17, 15) is 0 Å². The van der Waals surface area contributed by atoms with Crippen LogP contribution in [0.3, 0.4) is 0 Å². The van der Waals surface area contributed by atoms with Crippen molar-refractivity contribution in [2.75, 3.05) is 0 Å². The molecule has 1 unspecified atom stereocenters. The first-order valence-electron chi connectivity index (χ1n) is 6.41. The molecular weight excluding hydrogens is 322 g/mol. The van der Waals surface area contributed by atoms with E-state index in [1.807, 2.05) is 18.2 Å². The van der Waals surface area contributed by atoms with Crippen molar-refractivity contribution in [2.24, 2.45) is 5.73 Å². The van der Waals surface area contributed by atoms with Crippen LogP contribution in [0, 0.1) is 0 Å². The van der Waals surface area contributed by atoms with E-state index in [-0.39, 0.29) is 6.04 Å². The van der Waals surface area contributed by atoms with E-state index in [1.54, 1.807) is 0 Å². The number of hydrogen-bond acceptors (Lipinski definition) is 1. The van der Waals surface area contributed by atoms with Crippen molar-refractivity contribution in [2.45, 2.75) is 25.8 Å². The highest BCUT2D eigenvalue weighted by molar-refractivity contribution is 9.10. The van der Waals surface area contributed by atoms with E-state index in [4.69, 9.17) is 17.3 Å². The quantitative estimate of drug-likeness (QED) is 0.824. The summed E-state index contributed by atoms with van der Waals surface area (Å²) < 4.78 is 0.965. The maximum Gasteiger partial charge on any atom is 0.0566 e. The highest BCUT2D eigenvalue weighted by atomic mass is 79.9. The van der Waals surface area contributed by atoms with Crippen molar-refractivity contribution >= 4 is 27.5 Å². The Morgan fingerprint density at radius 2 is 1.84 bits per heavy atom. The van der Waals surface area contributed by atoms with E-state index >= 15 is 0 Å². The molecule has 1 atom stereocenters. The zero-order valence-electron chi connectivity index (χ0n) is 10.9. The van der Waals surface area contributed by atoms with Gasteiger partial charge in [0.25, 0.3) is 0 Å². The fourth-order valence-corrected chi connectivity index (χ4v) is 2.90. The van der Waals surface area contributed by atoms with Crippen molar-refractivity contribution in [3.63, 3.8) is 0 Å². The topological polar surface area (TPSA) is 26.0 Å². The van der Waals surface area contributed by atoms with Gasteiger partial charge in [0, 0.05) is 9.50 Å². The van der Waals surface area contributed by atoms with Crippen LogP contribution in [0.2, 0.25) is 5.02 Å². The van der Waals surface area contributed by atoms with E-state index in [0.29, 0.717) is 5.02 Å². The van der Waals surface area contributed by atoms with Gasteiger partial charge in [-0.2, -0.15) is 0 Å². The average molecular weight is 339 g/mol. The van der Waals surface area contributed by atoms with Crippen molar-refractivity contribution in [3.05, 3.63) is 68.7 Å². The first-order valence-corrected chi connectivity index (χ1v) is 7.58. The van der Waals surface area contributed by atoms with Crippen LogP contribution in [-0.4, -0.2) is 0 Å². The Balaban J connectivity index is 2.25. The van der Waals surface area contributed by atoms with Crippen LogP contribution < -0.4 is 5.73 Å². The first-order chi connectivity index (χ1) is 9.11. The Hall–Kier alpha value is -0.830. The van der Waals surface area contributed by atoms with Crippen LogP contribution in [0.4, 0.5) is 0 Å². The lowest BCUT2D eigenvalue weighted by Gasteiger charge is -2.15. The molecule has 0 heterocycles. The van der Waals surface area contributed by atoms with Gasteiger partial charge >= 0.3 is 0 Å². The lowest BCUT2D eigenvalue weighted by Crippen LogP contribution is -2.12. The predicted molar refractivity (Wildman–Crippen MR) is 85.6 cm³/mol. The second-order valence-corrected chi connectivity index (χ2v) is 5.96. The van der Waals surface area contributed by atoms with Crippen LogP contribution in [-0.2, 0) is 6.42 Å². The standard InChI is InChI=1S/C16H17BrClN/c1-2-3-11-4-6-12(7-5-11)16(19)14-9-8-13(17)10-15(14)18/h4-10,16H,2-3,19H2,1H3. The molecule has 0 saturated carbocycles. The van der Waals surface area contributed by atoms with Gasteiger partial charge < -0.3 is 5.73 Å². The third-order valence-electron chi connectivity index (χ3n) is 3.18. The predicted octanol–water partition coefficient (Wildman–Crippen LogP) is 5.10. The maximum absolute atomic E-state index is 6.29. The van der Waals surface area contributed by atoms with Gasteiger partial charge in [0.15, 0.2) is 0 Å². The summed E-state index contributed by atoms with van der Waals surface area (Å²) in [4.78, 5) is 0. The number of aryl methyl sites for hydroxylation is 1. The molecule has 0 aromatic heterocycles. The van der Waals surface area contributed by atoms with Crippen LogP contribution in [0.1, 0.15) is 36.1 Å². The van der Waals surface area contributed by atoms with Crippen molar-refractivity contribution in [1.29, 1.82) is 0 Å². The summed E-state index contributed by atoms with van der Waals surface area (Å²) in [6, 6.07) is 14.1. The minimum Gasteiger partial charge on any atom is -0.320 e. The van der Waals surface area contributed by atoms with Crippen molar-refractivity contribution < 1.29 is 0 Å². The van der Waals surface area contributed by atoms with Gasteiger partial charge in [0.05, 0.1) is 6.04 Å². The molecule has 2 aromatic rings. The van der Waals surface area contributed by atoms with Gasteiger partial charge in [0.1, 0.15) is 0 Å². The van der Waals surface area contributed by atoms with E-state index in [1.165, 1.54) is 5.56 Å². The molecule has 100 valence electrons. The summed E-state index contributed by atoms with van der Waals surface area (Å²) in [7, 11) is 0. The Labute approximate surface area is 127 Å². The van der Waals surface area contributed by atoms with Crippen LogP contribution in [0.25, 0.3) is 0 Å². The van der Waals surface area contributed by atoms with Crippen LogP contribution in [0.15, 0.2) is 46.9 Å². The fourth-order valence-electron chi connectivity index (χ4n) is 2.11. The zero-order chi connectivity index (χ0) is 13.8. The number of halogens is 2. The molecule has 0 aliphatic heterocycles. The van der Waals surface area contributed by atoms with Gasteiger partial charge in [-0.1, -0.05) is 71.2 Å². The molecule has 0 spiro atoms. The average Bonchev–Trinajstić information content (AvgIpc) is 2.39. The van der Waals surface area contributed by atoms with E-state index in [0.717, 1.165) is 28.4 Å². The third-order valence-corrected chi connectivity index (χ3v) is 4.00. The van der Waals surface area contributed by atoms with Crippen LogP contribution >= 0.6 is 27.5 Å². The van der Waals surface area contributed by atoms with Gasteiger partial charge in [-0.15, -0.1) is 0 Å². The lowest BCUT2D eigenvalue weighted by molar-refractivity contribution is 0.865. The van der Waals surface area contributed by atoms with E-state index < -0.39 is 0 Å². The molecule has 0 aliphatic carbocycles. The third kappa shape index (κ3) is 3.59. The molecule has 0 saturated heterocycles. The molecular formula is C16H17BrClN. The number of benzene rings is 2. The largest absolute Gasteiger partial charge is 0.320 e. The maximum atomic E-state index is 6.29. The Morgan fingerprint density at radius 1 is 1.16 bits per heavy atom. The Kier molecular flexibility index (Phi) is 5.03. The molecule has 2 aromatic carbocycles. The summed E-state index contributed by atoms with van der Waals surface area (Å²) in [5.41, 5.74) is 9.68. The zero-order valence-corrected chi connectivity index (χ0v) is 13.2. The number of hydrogen-bond donors (Lipinski definition) is 1. The molecule has 3 heteroatoms. The second-order valence-electron chi connectivity index (χ2n) is 4.64. The molecule has 19 heavy (non-hydrogen) atoms. The number of rotatable bonds is 4. The summed E-state index contributed by atoms with van der Waals surface area (Å²) >= 11 is 9.65. The second kappa shape index (κ2) is 6.56. The summed E-state index contributed by atoms with van der Waals surface area (Å²) in [6.45, 7) is 2.18. The van der Waals surface area contributed by atoms with Gasteiger partial charge in [0.2, 0.25) is 0 Å². The molecule has 0 fully saturated rings. The Bertz CT molecular complexity index is 551. The normalized spacial score (nSPS) is 12.4. The van der Waals surface area contributed by atoms with Crippen LogP contribution in [0.5, 0.6) is 0 Å². The minimum atomic E-state index is -0.184. The smallest absolute Gasteiger partial charge is 0.0566 e. The Morgan fingerprint density at radius 3 is 2.42 bits per heavy atom. The van der Waals surface area contributed by atoms with E-state index in [2.05, 4.69) is 47.1 Å². The minimum absolute atomic E-state index is 0.184.